The smallest absolute Gasteiger partial charge is 0.203 e. The van der Waals surface area contributed by atoms with E-state index in [0.717, 1.165) is 0 Å². The zero-order chi connectivity index (χ0) is 14.7. The highest BCUT2D eigenvalue weighted by molar-refractivity contribution is 6.47. The summed E-state index contributed by atoms with van der Waals surface area (Å²) in [6, 6.07) is 0. The van der Waals surface area contributed by atoms with Gasteiger partial charge in [0, 0.05) is 0 Å². The molecule has 0 heterocycles. The second-order valence-electron chi connectivity index (χ2n) is 2.09. The van der Waals surface area contributed by atoms with Crippen LogP contribution in [0.5, 0.6) is 0 Å². The molecule has 17 heavy (non-hydrogen) atoms. The highest BCUT2D eigenvalue weighted by Crippen LogP contribution is 2.40. The molecule has 0 aromatic rings. The van der Waals surface area contributed by atoms with Gasteiger partial charge in [-0.2, -0.15) is 35.1 Å². The Balaban J connectivity index is 0. The van der Waals surface area contributed by atoms with Gasteiger partial charge < -0.3 is 0 Å². The standard InChI is InChI=1S/C2Cl2F4O.C2Cl2F4/c3-1(5,6)2(7,8)9-4;3-1(4,5)2(6,7)8. The third-order valence-electron chi connectivity index (χ3n) is 0.748. The van der Waals surface area contributed by atoms with Crippen LogP contribution in [0.2, 0.25) is 0 Å². The lowest BCUT2D eigenvalue weighted by molar-refractivity contribution is -0.272. The average molecular weight is 358 g/mol. The molecular weight excluding hydrogens is 358 g/mol. The Morgan fingerprint density at radius 1 is 0.706 bits per heavy atom. The lowest BCUT2D eigenvalue weighted by Crippen LogP contribution is -2.35. The van der Waals surface area contributed by atoms with E-state index >= 15 is 0 Å². The minimum atomic E-state index is -5.20. The lowest BCUT2D eigenvalue weighted by Gasteiger charge is -2.15. The highest BCUT2D eigenvalue weighted by Gasteiger charge is 2.57. The Kier molecular flexibility index (Phi) is 7.18. The van der Waals surface area contributed by atoms with Gasteiger partial charge in [0.05, 0.1) is 11.9 Å². The van der Waals surface area contributed by atoms with Gasteiger partial charge in [0.1, 0.15) is 0 Å². The number of rotatable bonds is 2. The summed E-state index contributed by atoms with van der Waals surface area (Å²) >= 11 is 15.8. The molecule has 0 unspecified atom stereocenters. The van der Waals surface area contributed by atoms with E-state index in [1.807, 2.05) is 0 Å². The summed E-state index contributed by atoms with van der Waals surface area (Å²) in [5.74, 6) is 0. The van der Waals surface area contributed by atoms with Crippen LogP contribution < -0.4 is 0 Å². The van der Waals surface area contributed by atoms with Crippen molar-refractivity contribution in [3.05, 3.63) is 0 Å². The van der Waals surface area contributed by atoms with Gasteiger partial charge in [0.25, 0.3) is 0 Å². The maximum Gasteiger partial charge on any atom is 0.452 e. The maximum absolute atomic E-state index is 11.4. The minimum Gasteiger partial charge on any atom is -0.203 e. The van der Waals surface area contributed by atoms with E-state index in [1.54, 1.807) is 0 Å². The molecule has 13 heteroatoms. The van der Waals surface area contributed by atoms with E-state index in [1.165, 1.54) is 0 Å². The van der Waals surface area contributed by atoms with Crippen LogP contribution in [-0.4, -0.2) is 22.3 Å². The highest BCUT2D eigenvalue weighted by atomic mass is 35.5. The van der Waals surface area contributed by atoms with Crippen LogP contribution in [0.3, 0.4) is 0 Å². The first kappa shape index (κ1) is 19.9. The molecule has 0 aromatic heterocycles. The monoisotopic (exact) mass is 356 g/mol. The van der Waals surface area contributed by atoms with Crippen LogP contribution in [0.1, 0.15) is 0 Å². The fourth-order valence-corrected chi connectivity index (χ4v) is 0.219. The van der Waals surface area contributed by atoms with E-state index in [9.17, 15) is 35.1 Å². The second kappa shape index (κ2) is 6.14. The molecule has 0 spiro atoms. The number of hydrogen-bond acceptors (Lipinski definition) is 1. The zero-order valence-electron chi connectivity index (χ0n) is 6.94. The van der Waals surface area contributed by atoms with Crippen molar-refractivity contribution < 1.29 is 39.4 Å². The molecule has 1 nitrogen and oxygen atoms in total. The molecule has 0 fully saturated rings. The first-order valence-electron chi connectivity index (χ1n) is 2.94. The zero-order valence-corrected chi connectivity index (χ0v) is 9.97. The molecule has 0 amide bonds. The first-order valence-corrected chi connectivity index (χ1v) is 4.38. The molecule has 0 aliphatic heterocycles. The average Bonchev–Trinajstić information content (AvgIpc) is 1.99. The van der Waals surface area contributed by atoms with Crippen molar-refractivity contribution in [2.75, 3.05) is 0 Å². The van der Waals surface area contributed by atoms with Gasteiger partial charge in [-0.3, -0.25) is 0 Å². The fraction of sp³-hybridized carbons (Fsp3) is 1.00. The summed E-state index contributed by atoms with van der Waals surface area (Å²) in [4.78, 5) is 0. The molecule has 0 saturated carbocycles. The Morgan fingerprint density at radius 2 is 0.941 bits per heavy atom. The van der Waals surface area contributed by atoms with Gasteiger partial charge in [-0.1, -0.05) is 23.2 Å². The molecule has 0 N–H and O–H groups in total. The molecule has 0 aromatic carbocycles. The van der Waals surface area contributed by atoms with Crippen LogP contribution in [0.4, 0.5) is 35.1 Å². The predicted octanol–water partition coefficient (Wildman–Crippen LogP) is 5.23. The van der Waals surface area contributed by atoms with Crippen LogP contribution in [-0.2, 0) is 4.29 Å². The van der Waals surface area contributed by atoms with E-state index < -0.39 is 22.3 Å². The van der Waals surface area contributed by atoms with Crippen molar-refractivity contribution in [3.63, 3.8) is 0 Å². The summed E-state index contributed by atoms with van der Waals surface area (Å²) in [6.45, 7) is 0. The van der Waals surface area contributed by atoms with Crippen LogP contribution in [0.25, 0.3) is 0 Å². The molecule has 0 radical (unpaired) electrons. The van der Waals surface area contributed by atoms with Gasteiger partial charge in [0.2, 0.25) is 0 Å². The number of hydrogen-bond donors (Lipinski definition) is 0. The van der Waals surface area contributed by atoms with E-state index in [-0.39, 0.29) is 0 Å². The molecule has 0 rings (SSSR count). The maximum atomic E-state index is 11.4. The fourth-order valence-electron chi connectivity index (χ4n) is 0.0437. The summed E-state index contributed by atoms with van der Waals surface area (Å²) in [6.07, 6.45) is -10.0. The van der Waals surface area contributed by atoms with Gasteiger partial charge in [-0.15, -0.1) is 0 Å². The summed E-state index contributed by atoms with van der Waals surface area (Å²) in [7, 11) is 0. The SMILES string of the molecule is FC(F)(Cl)C(F)(F)OCl.FC(F)(F)C(F)(Cl)Cl. The lowest BCUT2D eigenvalue weighted by atomic mass is 10.7. The molecule has 0 aliphatic carbocycles. The number of alkyl halides is 11. The van der Waals surface area contributed by atoms with Crippen molar-refractivity contribution in [3.8, 4) is 0 Å². The molecule has 0 saturated heterocycles. The van der Waals surface area contributed by atoms with E-state index in [2.05, 4.69) is 51.0 Å². The largest absolute Gasteiger partial charge is 0.452 e. The summed E-state index contributed by atoms with van der Waals surface area (Å²) < 4.78 is 88.0. The Hall–Kier alpha value is 0.560. The van der Waals surface area contributed by atoms with Crippen molar-refractivity contribution in [1.29, 1.82) is 0 Å². The Bertz CT molecular complexity index is 217. The third kappa shape index (κ3) is 7.55. The first-order chi connectivity index (χ1) is 7.06. The predicted molar refractivity (Wildman–Crippen MR) is 44.3 cm³/mol. The topological polar surface area (TPSA) is 9.23 Å². The van der Waals surface area contributed by atoms with E-state index in [0.29, 0.717) is 0 Å². The van der Waals surface area contributed by atoms with Crippen molar-refractivity contribution in [2.24, 2.45) is 0 Å². The Morgan fingerprint density at radius 3 is 0.941 bits per heavy atom. The van der Waals surface area contributed by atoms with E-state index in [4.69, 9.17) is 0 Å². The van der Waals surface area contributed by atoms with Crippen molar-refractivity contribution in [2.45, 2.75) is 22.3 Å². The summed E-state index contributed by atoms with van der Waals surface area (Å²) in [5, 5.41) is -4.77. The van der Waals surface area contributed by atoms with Gasteiger partial charge in [-0.25, -0.2) is 4.29 Å². The third-order valence-corrected chi connectivity index (χ3v) is 1.59. The van der Waals surface area contributed by atoms with Gasteiger partial charge in [0.15, 0.2) is 0 Å². The normalized spacial score (nSPS) is 14.1. The van der Waals surface area contributed by atoms with Crippen molar-refractivity contribution >= 4 is 46.7 Å². The van der Waals surface area contributed by atoms with Gasteiger partial charge >= 0.3 is 22.3 Å². The summed E-state index contributed by atoms with van der Waals surface area (Å²) in [5.41, 5.74) is 0. The molecule has 0 aliphatic rings. The van der Waals surface area contributed by atoms with Crippen LogP contribution in [0.15, 0.2) is 0 Å². The quantitative estimate of drug-likeness (QED) is 0.485. The minimum absolute atomic E-state index is 2.56. The Labute approximate surface area is 109 Å². The molecule has 0 bridgehead atoms. The second-order valence-corrected chi connectivity index (χ2v) is 3.95. The molecule has 0 atom stereocenters. The number of halogens is 12. The molecule has 106 valence electrons. The van der Waals surface area contributed by atoms with Gasteiger partial charge in [-0.05, 0) is 11.6 Å². The van der Waals surface area contributed by atoms with Crippen LogP contribution >= 0.6 is 46.7 Å². The van der Waals surface area contributed by atoms with Crippen LogP contribution in [0, 0.1) is 0 Å². The molecular formula is C4Cl4F8O. The van der Waals surface area contributed by atoms with Crippen molar-refractivity contribution in [1.82, 2.24) is 0 Å².